The van der Waals surface area contributed by atoms with Crippen molar-refractivity contribution in [3.63, 3.8) is 0 Å². The fourth-order valence-electron chi connectivity index (χ4n) is 4.52. The summed E-state index contributed by atoms with van der Waals surface area (Å²) < 4.78 is 2.33. The summed E-state index contributed by atoms with van der Waals surface area (Å²) in [7, 11) is 0. The maximum absolute atomic E-state index is 9.15. The molecule has 0 spiro atoms. The van der Waals surface area contributed by atoms with Gasteiger partial charge in [0, 0.05) is 34.4 Å². The minimum atomic E-state index is 0.567. The van der Waals surface area contributed by atoms with E-state index in [2.05, 4.69) is 107 Å². The minimum absolute atomic E-state index is 0.567. The van der Waals surface area contributed by atoms with Gasteiger partial charge in [0.2, 0.25) is 0 Å². The summed E-state index contributed by atoms with van der Waals surface area (Å²) in [4.78, 5) is 4.18. The van der Waals surface area contributed by atoms with Gasteiger partial charge in [0.1, 0.15) is 6.07 Å². The highest BCUT2D eigenvalue weighted by molar-refractivity contribution is 6.10. The molecule has 0 aliphatic rings. The fourth-order valence-corrected chi connectivity index (χ4v) is 4.52. The lowest BCUT2D eigenvalue weighted by atomic mass is 9.99. The number of nitrogens with zero attached hydrogens (tertiary/aromatic N) is 3. The second-order valence-corrected chi connectivity index (χ2v) is 8.07. The van der Waals surface area contributed by atoms with Crippen LogP contribution in [0.25, 0.3) is 49.7 Å². The van der Waals surface area contributed by atoms with Crippen LogP contribution in [0.5, 0.6) is 0 Å². The Kier molecular flexibility index (Phi) is 4.49. The number of hydrogen-bond acceptors (Lipinski definition) is 2. The first-order valence-electron chi connectivity index (χ1n) is 10.9. The van der Waals surface area contributed by atoms with E-state index in [4.69, 9.17) is 5.26 Å². The van der Waals surface area contributed by atoms with E-state index in [1.165, 1.54) is 27.4 Å². The van der Waals surface area contributed by atoms with Crippen molar-refractivity contribution in [3.05, 3.63) is 121 Å². The van der Waals surface area contributed by atoms with Crippen molar-refractivity contribution in [2.75, 3.05) is 0 Å². The number of pyridine rings is 1. The molecule has 0 unspecified atom stereocenters. The molecule has 2 aromatic heterocycles. The van der Waals surface area contributed by atoms with Crippen molar-refractivity contribution in [1.82, 2.24) is 9.55 Å². The Morgan fingerprint density at radius 2 is 1.24 bits per heavy atom. The van der Waals surface area contributed by atoms with Gasteiger partial charge < -0.3 is 4.57 Å². The molecular weight excluding hydrogens is 402 g/mol. The van der Waals surface area contributed by atoms with Gasteiger partial charge in [-0.1, -0.05) is 66.7 Å². The summed E-state index contributed by atoms with van der Waals surface area (Å²) in [6.45, 7) is 0. The molecule has 33 heavy (non-hydrogen) atoms. The molecule has 0 aliphatic heterocycles. The first-order chi connectivity index (χ1) is 16.3. The van der Waals surface area contributed by atoms with E-state index >= 15 is 0 Å². The Bertz CT molecular complexity index is 1650. The molecule has 0 fully saturated rings. The van der Waals surface area contributed by atoms with Crippen LogP contribution in [0.4, 0.5) is 0 Å². The van der Waals surface area contributed by atoms with Gasteiger partial charge in [-0.05, 0) is 53.1 Å². The largest absolute Gasteiger partial charge is 0.309 e. The number of benzene rings is 4. The fraction of sp³-hybridized carbons (Fsp3) is 0. The molecular formula is C30H19N3. The third-order valence-corrected chi connectivity index (χ3v) is 6.11. The Labute approximate surface area is 191 Å². The topological polar surface area (TPSA) is 41.6 Å². The molecule has 6 aromatic rings. The third kappa shape index (κ3) is 3.26. The van der Waals surface area contributed by atoms with Crippen LogP contribution in [0.1, 0.15) is 5.56 Å². The molecule has 0 saturated carbocycles. The summed E-state index contributed by atoms with van der Waals surface area (Å²) in [6, 6.07) is 38.2. The van der Waals surface area contributed by atoms with E-state index in [1.807, 2.05) is 12.1 Å². The maximum Gasteiger partial charge on any atom is 0.101 e. The molecule has 0 radical (unpaired) electrons. The highest BCUT2D eigenvalue weighted by atomic mass is 15.0. The number of hydrogen-bond donors (Lipinski definition) is 0. The van der Waals surface area contributed by atoms with Gasteiger partial charge in [0.25, 0.3) is 0 Å². The summed E-state index contributed by atoms with van der Waals surface area (Å²) in [5.41, 5.74) is 8.45. The number of fused-ring (bicyclic) bond motifs is 3. The number of rotatable bonds is 3. The summed E-state index contributed by atoms with van der Waals surface area (Å²) in [5, 5.41) is 11.6. The Balaban J connectivity index is 1.47. The SMILES string of the molecule is N#Cc1cncc(-c2ccc(-c3ccc4c(c3)c3ccccc3n4-c3ccccc3)cc2)c1. The molecule has 6 rings (SSSR count). The van der Waals surface area contributed by atoms with Crippen molar-refractivity contribution >= 4 is 21.8 Å². The average Bonchev–Trinajstić information content (AvgIpc) is 3.23. The van der Waals surface area contributed by atoms with Crippen molar-refractivity contribution in [2.45, 2.75) is 0 Å². The van der Waals surface area contributed by atoms with Crippen LogP contribution in [0.2, 0.25) is 0 Å². The van der Waals surface area contributed by atoms with Crippen LogP contribution in [0.3, 0.4) is 0 Å². The normalized spacial score (nSPS) is 11.0. The van der Waals surface area contributed by atoms with Crippen LogP contribution in [0, 0.1) is 11.3 Å². The van der Waals surface area contributed by atoms with E-state index in [0.29, 0.717) is 5.56 Å². The third-order valence-electron chi connectivity index (χ3n) is 6.11. The molecule has 154 valence electrons. The van der Waals surface area contributed by atoms with E-state index in [1.54, 1.807) is 12.4 Å². The first-order valence-corrected chi connectivity index (χ1v) is 10.9. The van der Waals surface area contributed by atoms with Crippen LogP contribution < -0.4 is 0 Å². The summed E-state index contributed by atoms with van der Waals surface area (Å²) >= 11 is 0. The zero-order valence-electron chi connectivity index (χ0n) is 17.8. The maximum atomic E-state index is 9.15. The van der Waals surface area contributed by atoms with Gasteiger partial charge in [-0.2, -0.15) is 5.26 Å². The number of nitriles is 1. The van der Waals surface area contributed by atoms with Crippen LogP contribution >= 0.6 is 0 Å². The second kappa shape index (κ2) is 7.78. The van der Waals surface area contributed by atoms with Crippen molar-refractivity contribution < 1.29 is 0 Å². The molecule has 2 heterocycles. The first kappa shape index (κ1) is 19.0. The van der Waals surface area contributed by atoms with E-state index in [-0.39, 0.29) is 0 Å². The highest BCUT2D eigenvalue weighted by Crippen LogP contribution is 2.35. The van der Waals surface area contributed by atoms with E-state index < -0.39 is 0 Å². The van der Waals surface area contributed by atoms with E-state index in [9.17, 15) is 0 Å². The molecule has 4 aromatic carbocycles. The Morgan fingerprint density at radius 3 is 2.03 bits per heavy atom. The molecule has 3 nitrogen and oxygen atoms in total. The van der Waals surface area contributed by atoms with Gasteiger partial charge in [-0.3, -0.25) is 4.98 Å². The molecule has 0 bridgehead atoms. The molecule has 0 aliphatic carbocycles. The molecule has 0 N–H and O–H groups in total. The average molecular weight is 422 g/mol. The lowest BCUT2D eigenvalue weighted by Crippen LogP contribution is -1.92. The van der Waals surface area contributed by atoms with Crippen molar-refractivity contribution in [3.8, 4) is 34.0 Å². The van der Waals surface area contributed by atoms with Crippen LogP contribution in [-0.2, 0) is 0 Å². The van der Waals surface area contributed by atoms with Gasteiger partial charge in [0.15, 0.2) is 0 Å². The Hall–Kier alpha value is -4.68. The van der Waals surface area contributed by atoms with Gasteiger partial charge in [-0.25, -0.2) is 0 Å². The van der Waals surface area contributed by atoms with Crippen LogP contribution in [0.15, 0.2) is 116 Å². The second-order valence-electron chi connectivity index (χ2n) is 8.07. The highest BCUT2D eigenvalue weighted by Gasteiger charge is 2.13. The lowest BCUT2D eigenvalue weighted by Gasteiger charge is -2.08. The predicted octanol–water partition coefficient (Wildman–Crippen LogP) is 7.38. The summed E-state index contributed by atoms with van der Waals surface area (Å²) in [6.07, 6.45) is 3.37. The van der Waals surface area contributed by atoms with Crippen LogP contribution in [-0.4, -0.2) is 9.55 Å². The standard InChI is InChI=1S/C30H19N3/c31-18-21-16-25(20-32-19-21)23-12-10-22(11-13-23)24-14-15-30-28(17-24)27-8-4-5-9-29(27)33(30)26-6-2-1-3-7-26/h1-17,19-20H. The monoisotopic (exact) mass is 421 g/mol. The molecule has 0 amide bonds. The summed E-state index contributed by atoms with van der Waals surface area (Å²) in [5.74, 6) is 0. The molecule has 0 saturated heterocycles. The zero-order chi connectivity index (χ0) is 22.2. The van der Waals surface area contributed by atoms with Gasteiger partial charge in [-0.15, -0.1) is 0 Å². The van der Waals surface area contributed by atoms with Crippen molar-refractivity contribution in [2.24, 2.45) is 0 Å². The minimum Gasteiger partial charge on any atom is -0.309 e. The van der Waals surface area contributed by atoms with Gasteiger partial charge in [0.05, 0.1) is 16.6 Å². The number of aromatic nitrogens is 2. The van der Waals surface area contributed by atoms with E-state index in [0.717, 1.165) is 22.4 Å². The Morgan fingerprint density at radius 1 is 0.576 bits per heavy atom. The zero-order valence-corrected chi connectivity index (χ0v) is 17.8. The molecule has 3 heteroatoms. The lowest BCUT2D eigenvalue weighted by molar-refractivity contribution is 1.18. The van der Waals surface area contributed by atoms with Gasteiger partial charge >= 0.3 is 0 Å². The smallest absolute Gasteiger partial charge is 0.101 e. The number of para-hydroxylation sites is 2. The quantitative estimate of drug-likeness (QED) is 0.299. The molecule has 0 atom stereocenters. The van der Waals surface area contributed by atoms with Crippen molar-refractivity contribution in [1.29, 1.82) is 5.26 Å². The predicted molar refractivity (Wildman–Crippen MR) is 134 cm³/mol.